The Morgan fingerprint density at radius 3 is 2.45 bits per heavy atom. The molecule has 0 unspecified atom stereocenters. The van der Waals surface area contributed by atoms with Crippen LogP contribution in [0.5, 0.6) is 0 Å². The van der Waals surface area contributed by atoms with Gasteiger partial charge in [-0.1, -0.05) is 0 Å². The van der Waals surface area contributed by atoms with Gasteiger partial charge in [-0.25, -0.2) is 13.1 Å². The van der Waals surface area contributed by atoms with Crippen LogP contribution in [0, 0.1) is 35.8 Å². The van der Waals surface area contributed by atoms with Gasteiger partial charge < -0.3 is 0 Å². The van der Waals surface area contributed by atoms with Gasteiger partial charge in [0.25, 0.3) is 5.69 Å². The predicted molar refractivity (Wildman–Crippen MR) is 75.8 cm³/mol. The van der Waals surface area contributed by atoms with Gasteiger partial charge >= 0.3 is 0 Å². The number of benzene rings is 1. The van der Waals surface area contributed by atoms with Crippen LogP contribution in [0.1, 0.15) is 24.5 Å². The van der Waals surface area contributed by atoms with Gasteiger partial charge in [-0.05, 0) is 38.0 Å². The molecule has 0 aliphatic heterocycles. The van der Waals surface area contributed by atoms with Crippen LogP contribution in [0.2, 0.25) is 0 Å². The molecule has 0 fully saturated rings. The number of nitro groups is 1. The minimum atomic E-state index is -3.92. The molecule has 0 aliphatic carbocycles. The smallest absolute Gasteiger partial charge is 0.258 e. The number of rotatable bonds is 5. The maximum atomic E-state index is 12.1. The predicted octanol–water partition coefficient (Wildman–Crippen LogP) is 1.90. The Bertz CT molecular complexity index is 684. The topological polar surface area (TPSA) is 89.3 Å². The summed E-state index contributed by atoms with van der Waals surface area (Å²) in [5, 5.41) is 11.0. The molecule has 1 rings (SSSR count). The largest absolute Gasteiger partial charge is 0.289 e. The zero-order valence-electron chi connectivity index (χ0n) is 11.6. The highest BCUT2D eigenvalue weighted by Crippen LogP contribution is 2.27. The molecule has 1 aromatic carbocycles. The number of aryl methyl sites for hydroxylation is 2. The zero-order valence-corrected chi connectivity index (χ0v) is 12.4. The van der Waals surface area contributed by atoms with Gasteiger partial charge in [0.05, 0.1) is 4.92 Å². The minimum absolute atomic E-state index is 0.118. The minimum Gasteiger partial charge on any atom is -0.258 e. The van der Waals surface area contributed by atoms with Gasteiger partial charge in [0, 0.05) is 19.0 Å². The number of hydrogen-bond acceptors (Lipinski definition) is 4. The van der Waals surface area contributed by atoms with Crippen molar-refractivity contribution < 1.29 is 13.3 Å². The number of nitrogens with one attached hydrogen (secondary N) is 1. The molecule has 20 heavy (non-hydrogen) atoms. The average Bonchev–Trinajstić information content (AvgIpc) is 2.37. The van der Waals surface area contributed by atoms with Gasteiger partial charge in [0.1, 0.15) is 0 Å². The summed E-state index contributed by atoms with van der Waals surface area (Å²) < 4.78 is 26.6. The molecule has 0 spiro atoms. The Labute approximate surface area is 118 Å². The van der Waals surface area contributed by atoms with Crippen molar-refractivity contribution >= 4 is 15.7 Å². The first-order valence-corrected chi connectivity index (χ1v) is 7.43. The third kappa shape index (κ3) is 3.79. The van der Waals surface area contributed by atoms with E-state index in [9.17, 15) is 18.5 Å². The number of nitro benzene ring substituents is 1. The Morgan fingerprint density at radius 2 is 1.90 bits per heavy atom. The van der Waals surface area contributed by atoms with E-state index in [1.54, 1.807) is 20.8 Å². The van der Waals surface area contributed by atoms with Crippen molar-refractivity contribution in [1.82, 2.24) is 4.72 Å². The van der Waals surface area contributed by atoms with Gasteiger partial charge in [0.15, 0.2) is 4.90 Å². The van der Waals surface area contributed by atoms with Crippen LogP contribution >= 0.6 is 0 Å². The fourth-order valence-corrected chi connectivity index (χ4v) is 2.85. The molecule has 0 bridgehead atoms. The van der Waals surface area contributed by atoms with E-state index in [0.29, 0.717) is 17.5 Å². The summed E-state index contributed by atoms with van der Waals surface area (Å²) in [6.07, 6.45) is 0.356. The highest BCUT2D eigenvalue weighted by molar-refractivity contribution is 7.89. The Morgan fingerprint density at radius 1 is 1.30 bits per heavy atom. The molecule has 0 amide bonds. The first-order valence-electron chi connectivity index (χ1n) is 5.94. The van der Waals surface area contributed by atoms with Gasteiger partial charge in [-0.2, -0.15) is 0 Å². The summed E-state index contributed by atoms with van der Waals surface area (Å²) >= 11 is 0. The fourth-order valence-electron chi connectivity index (χ4n) is 1.58. The molecule has 0 saturated carbocycles. The van der Waals surface area contributed by atoms with Crippen molar-refractivity contribution in [3.63, 3.8) is 0 Å². The quantitative estimate of drug-likeness (QED) is 0.389. The van der Waals surface area contributed by atoms with Crippen LogP contribution in [0.15, 0.2) is 17.0 Å². The van der Waals surface area contributed by atoms with E-state index in [4.69, 9.17) is 0 Å². The van der Waals surface area contributed by atoms with E-state index in [1.165, 1.54) is 12.1 Å². The molecule has 1 N–H and O–H groups in total. The lowest BCUT2D eigenvalue weighted by Crippen LogP contribution is -2.25. The highest BCUT2D eigenvalue weighted by Gasteiger charge is 2.26. The summed E-state index contributed by atoms with van der Waals surface area (Å²) in [6.45, 7) is 5.18. The molecule has 0 saturated heterocycles. The van der Waals surface area contributed by atoms with Gasteiger partial charge in [0.2, 0.25) is 10.0 Å². The summed E-state index contributed by atoms with van der Waals surface area (Å²) in [7, 11) is -3.92. The molecule has 0 aliphatic rings. The molecule has 108 valence electrons. The molecular formula is C13H16N2O4S. The molecule has 1 aromatic rings. The van der Waals surface area contributed by atoms with Crippen molar-refractivity contribution in [3.05, 3.63) is 33.4 Å². The molecule has 0 atom stereocenters. The van der Waals surface area contributed by atoms with E-state index >= 15 is 0 Å². The normalized spacial score (nSPS) is 10.8. The van der Waals surface area contributed by atoms with E-state index in [-0.39, 0.29) is 11.4 Å². The van der Waals surface area contributed by atoms with E-state index in [2.05, 4.69) is 16.6 Å². The fraction of sp³-hybridized carbons (Fsp3) is 0.385. The first-order chi connectivity index (χ1) is 9.29. The maximum Gasteiger partial charge on any atom is 0.289 e. The lowest BCUT2D eigenvalue weighted by Gasteiger charge is -2.08. The lowest BCUT2D eigenvalue weighted by atomic mass is 10.1. The summed E-state index contributed by atoms with van der Waals surface area (Å²) in [5.41, 5.74) is 0.944. The monoisotopic (exact) mass is 296 g/mol. The summed E-state index contributed by atoms with van der Waals surface area (Å²) in [6, 6.07) is 2.59. The van der Waals surface area contributed by atoms with Crippen molar-refractivity contribution in [2.75, 3.05) is 6.54 Å². The van der Waals surface area contributed by atoms with Crippen LogP contribution in [0.4, 0.5) is 5.69 Å². The van der Waals surface area contributed by atoms with Crippen molar-refractivity contribution in [1.29, 1.82) is 0 Å². The van der Waals surface area contributed by atoms with Crippen LogP contribution in [-0.4, -0.2) is 19.9 Å². The third-order valence-electron chi connectivity index (χ3n) is 2.78. The molecular weight excluding hydrogens is 280 g/mol. The maximum absolute atomic E-state index is 12.1. The number of hydrogen-bond donors (Lipinski definition) is 1. The van der Waals surface area contributed by atoms with Gasteiger partial charge in [-0.3, -0.25) is 10.1 Å². The molecule has 0 aromatic heterocycles. The Kier molecular flexibility index (Phi) is 5.25. The Balaban J connectivity index is 3.19. The first kappa shape index (κ1) is 16.1. The zero-order chi connectivity index (χ0) is 15.3. The SMILES string of the molecule is CC#CCCNS(=O)(=O)c1cc(C)c(C)cc1[N+](=O)[O-]. The van der Waals surface area contributed by atoms with E-state index < -0.39 is 20.6 Å². The summed E-state index contributed by atoms with van der Waals surface area (Å²) in [5.74, 6) is 5.37. The molecule has 7 heteroatoms. The van der Waals surface area contributed by atoms with E-state index in [0.717, 1.165) is 0 Å². The Hall–Kier alpha value is -1.91. The summed E-state index contributed by atoms with van der Waals surface area (Å²) in [4.78, 5) is 10.0. The molecule has 0 heterocycles. The second kappa shape index (κ2) is 6.50. The number of nitrogens with zero attached hydrogens (tertiary/aromatic N) is 1. The van der Waals surface area contributed by atoms with Gasteiger partial charge in [-0.15, -0.1) is 11.8 Å². The standard InChI is InChI=1S/C13H16N2O4S/c1-4-5-6-7-14-20(18,19)13-9-11(3)10(2)8-12(13)15(16)17/h8-9,14H,6-7H2,1-3H3. The lowest BCUT2D eigenvalue weighted by molar-refractivity contribution is -0.387. The number of sulfonamides is 1. The van der Waals surface area contributed by atoms with Crippen LogP contribution in [0.3, 0.4) is 0 Å². The second-order valence-corrected chi connectivity index (χ2v) is 5.97. The molecule has 6 nitrogen and oxygen atoms in total. The third-order valence-corrected chi connectivity index (χ3v) is 4.27. The van der Waals surface area contributed by atoms with E-state index in [1.807, 2.05) is 0 Å². The van der Waals surface area contributed by atoms with Crippen molar-refractivity contribution in [2.45, 2.75) is 32.1 Å². The molecule has 0 radical (unpaired) electrons. The van der Waals surface area contributed by atoms with Crippen molar-refractivity contribution in [2.24, 2.45) is 0 Å². The van der Waals surface area contributed by atoms with Crippen LogP contribution < -0.4 is 4.72 Å². The highest BCUT2D eigenvalue weighted by atomic mass is 32.2. The van der Waals surface area contributed by atoms with Crippen LogP contribution in [0.25, 0.3) is 0 Å². The second-order valence-electron chi connectivity index (χ2n) is 4.24. The average molecular weight is 296 g/mol. The van der Waals surface area contributed by atoms with Crippen LogP contribution in [-0.2, 0) is 10.0 Å². The van der Waals surface area contributed by atoms with Crippen molar-refractivity contribution in [3.8, 4) is 11.8 Å².